The number of alkyl halides is 1. The molecule has 2 fully saturated rings. The number of hydrogen-bond donors (Lipinski definition) is 0. The summed E-state index contributed by atoms with van der Waals surface area (Å²) >= 11 is 4.64. The molecule has 2 aliphatic rings. The molecular weight excluding hydrogens is 529 g/mol. The molecule has 0 unspecified atom stereocenters. The van der Waals surface area contributed by atoms with E-state index in [-0.39, 0.29) is 25.1 Å². The Bertz CT molecular complexity index is 1050. The Kier molecular flexibility index (Phi) is 13.2. The topological polar surface area (TPSA) is 53.1 Å². The van der Waals surface area contributed by atoms with Crippen molar-refractivity contribution >= 4 is 23.4 Å². The lowest BCUT2D eigenvalue weighted by atomic mass is 10.0. The number of nitrogens with zero attached hydrogens (tertiary/aromatic N) is 3. The van der Waals surface area contributed by atoms with Gasteiger partial charge in [-0.3, -0.25) is 9.59 Å². The molecule has 0 saturated carbocycles. The van der Waals surface area contributed by atoms with Gasteiger partial charge in [-0.2, -0.15) is 0 Å². The number of carbonyl (C=O) groups excluding carboxylic acids is 2. The predicted octanol–water partition coefficient (Wildman–Crippen LogP) is 6.01. The Morgan fingerprint density at radius 1 is 1.02 bits per heavy atom. The molecule has 0 aliphatic carbocycles. The van der Waals surface area contributed by atoms with Crippen molar-refractivity contribution < 1.29 is 20.1 Å². The summed E-state index contributed by atoms with van der Waals surface area (Å²) in [6.45, 7) is 9.97. The lowest BCUT2D eigenvalue weighted by Gasteiger charge is -2.39. The fraction of sp³-hybridized carbons (Fsp3) is 0.562. The van der Waals surface area contributed by atoms with Gasteiger partial charge in [0.25, 0.3) is 0 Å². The molecule has 2 amide bonds. The summed E-state index contributed by atoms with van der Waals surface area (Å²) in [5, 5.41) is 0. The Hall–Kier alpha value is -2.64. The van der Waals surface area contributed by atoms with Gasteiger partial charge in [-0.1, -0.05) is 38.1 Å². The number of carbonyl (C=O) groups is 2. The second-order valence-electron chi connectivity index (χ2n) is 11.1. The van der Waals surface area contributed by atoms with Gasteiger partial charge >= 0.3 is 0 Å². The third-order valence-electron chi connectivity index (χ3n) is 7.52. The molecule has 4 rings (SSSR count). The third kappa shape index (κ3) is 10.1. The fourth-order valence-corrected chi connectivity index (χ4v) is 5.33. The predicted molar refractivity (Wildman–Crippen MR) is 161 cm³/mol. The molecule has 0 N–H and O–H groups in total. The minimum Gasteiger partial charge on any atom is -0.493 e. The standard InChI is InChI=1S/C31H42FN3O3.CH3Cl.H2/c1-24(2)23-38-29-12-8-25(9-13-29)21-31(37)35(22-26-6-10-27(32)11-7-26)28-14-19-33(20-15-28)16-4-18-34-17-3-5-30(34)36;1-2;/h6-13,24,28H,3-5,14-23H2,1-2H3;1H3;1H. The minimum atomic E-state index is -0.268. The van der Waals surface area contributed by atoms with E-state index >= 15 is 0 Å². The lowest BCUT2D eigenvalue weighted by Crippen LogP contribution is -2.48. The van der Waals surface area contributed by atoms with Gasteiger partial charge in [-0.15, -0.1) is 11.6 Å². The first kappa shape index (κ1) is 31.9. The quantitative estimate of drug-likeness (QED) is 0.291. The fourth-order valence-electron chi connectivity index (χ4n) is 5.33. The molecule has 0 atom stereocenters. The monoisotopic (exact) mass is 575 g/mol. The Morgan fingerprint density at radius 2 is 1.68 bits per heavy atom. The van der Waals surface area contributed by atoms with Gasteiger partial charge in [0.15, 0.2) is 0 Å². The van der Waals surface area contributed by atoms with Crippen LogP contribution in [0.2, 0.25) is 0 Å². The lowest BCUT2D eigenvalue weighted by molar-refractivity contribution is -0.134. The summed E-state index contributed by atoms with van der Waals surface area (Å²) < 4.78 is 19.3. The summed E-state index contributed by atoms with van der Waals surface area (Å²) in [7, 11) is 0. The van der Waals surface area contributed by atoms with Gasteiger partial charge in [0.1, 0.15) is 11.6 Å². The van der Waals surface area contributed by atoms with E-state index in [0.717, 1.165) is 75.3 Å². The van der Waals surface area contributed by atoms with Gasteiger partial charge in [0.05, 0.1) is 13.0 Å². The molecular formula is C32H47ClFN3O3. The van der Waals surface area contributed by atoms with E-state index in [9.17, 15) is 14.0 Å². The zero-order valence-electron chi connectivity index (χ0n) is 24.3. The Morgan fingerprint density at radius 3 is 2.27 bits per heavy atom. The van der Waals surface area contributed by atoms with Crippen molar-refractivity contribution in [3.05, 3.63) is 65.5 Å². The van der Waals surface area contributed by atoms with Crippen LogP contribution >= 0.6 is 11.6 Å². The highest BCUT2D eigenvalue weighted by Crippen LogP contribution is 2.22. The van der Waals surface area contributed by atoms with Crippen LogP contribution in [-0.4, -0.2) is 78.3 Å². The van der Waals surface area contributed by atoms with Gasteiger partial charge in [0.2, 0.25) is 11.8 Å². The van der Waals surface area contributed by atoms with Crippen LogP contribution in [0.15, 0.2) is 48.5 Å². The van der Waals surface area contributed by atoms with E-state index in [4.69, 9.17) is 4.74 Å². The highest BCUT2D eigenvalue weighted by Gasteiger charge is 2.28. The maximum absolute atomic E-state index is 13.6. The third-order valence-corrected chi connectivity index (χ3v) is 7.52. The van der Waals surface area contributed by atoms with Crippen molar-refractivity contribution in [1.82, 2.24) is 14.7 Å². The van der Waals surface area contributed by atoms with Gasteiger partial charge in [0, 0.05) is 53.0 Å². The van der Waals surface area contributed by atoms with Crippen LogP contribution in [-0.2, 0) is 22.6 Å². The minimum absolute atomic E-state index is 0. The molecule has 40 heavy (non-hydrogen) atoms. The van der Waals surface area contributed by atoms with Crippen molar-refractivity contribution in [2.24, 2.45) is 5.92 Å². The molecule has 2 saturated heterocycles. The molecule has 0 radical (unpaired) electrons. The summed E-state index contributed by atoms with van der Waals surface area (Å²) in [5.41, 5.74) is 1.90. The number of amides is 2. The number of rotatable bonds is 12. The van der Waals surface area contributed by atoms with Crippen molar-refractivity contribution in [2.75, 3.05) is 45.7 Å². The van der Waals surface area contributed by atoms with Crippen LogP contribution < -0.4 is 4.74 Å². The molecule has 0 spiro atoms. The summed E-state index contributed by atoms with van der Waals surface area (Å²) in [6, 6.07) is 14.4. The number of ether oxygens (including phenoxy) is 1. The smallest absolute Gasteiger partial charge is 0.227 e. The summed E-state index contributed by atoms with van der Waals surface area (Å²) in [6.07, 6.45) is 6.30. The van der Waals surface area contributed by atoms with Gasteiger partial charge < -0.3 is 19.4 Å². The number of halogens is 2. The molecule has 0 bridgehead atoms. The molecule has 2 aromatic rings. The maximum atomic E-state index is 13.6. The normalized spacial score (nSPS) is 16.1. The number of benzene rings is 2. The highest BCUT2D eigenvalue weighted by molar-refractivity contribution is 6.15. The molecule has 6 nitrogen and oxygen atoms in total. The molecule has 2 aliphatic heterocycles. The average molecular weight is 576 g/mol. The van der Waals surface area contributed by atoms with Crippen molar-refractivity contribution in [2.45, 2.75) is 65.0 Å². The van der Waals surface area contributed by atoms with E-state index in [1.54, 1.807) is 12.1 Å². The first-order valence-electron chi connectivity index (χ1n) is 14.5. The molecule has 2 heterocycles. The second-order valence-corrected chi connectivity index (χ2v) is 11.1. The van der Waals surface area contributed by atoms with E-state index < -0.39 is 0 Å². The average Bonchev–Trinajstić information content (AvgIpc) is 3.38. The highest BCUT2D eigenvalue weighted by atomic mass is 35.5. The first-order valence-corrected chi connectivity index (χ1v) is 15.3. The second kappa shape index (κ2) is 16.6. The first-order chi connectivity index (χ1) is 19.4. The van der Waals surface area contributed by atoms with Crippen LogP contribution in [0, 0.1) is 11.7 Å². The van der Waals surface area contributed by atoms with Gasteiger partial charge in [-0.05, 0) is 73.5 Å². The molecule has 222 valence electrons. The van der Waals surface area contributed by atoms with Crippen LogP contribution in [0.5, 0.6) is 5.75 Å². The van der Waals surface area contributed by atoms with Crippen LogP contribution in [0.3, 0.4) is 0 Å². The van der Waals surface area contributed by atoms with E-state index in [1.807, 2.05) is 34.1 Å². The number of hydrogen-bond acceptors (Lipinski definition) is 4. The number of piperidine rings is 1. The van der Waals surface area contributed by atoms with Crippen molar-refractivity contribution in [3.8, 4) is 5.75 Å². The largest absolute Gasteiger partial charge is 0.493 e. The molecule has 8 heteroatoms. The number of likely N-dealkylation sites (tertiary alicyclic amines) is 2. The maximum Gasteiger partial charge on any atom is 0.227 e. The van der Waals surface area contributed by atoms with E-state index in [2.05, 4.69) is 30.3 Å². The van der Waals surface area contributed by atoms with Gasteiger partial charge in [-0.25, -0.2) is 4.39 Å². The van der Waals surface area contributed by atoms with Crippen molar-refractivity contribution in [1.29, 1.82) is 0 Å². The summed E-state index contributed by atoms with van der Waals surface area (Å²) in [4.78, 5) is 31.9. The van der Waals surface area contributed by atoms with Crippen LogP contribution in [0.1, 0.15) is 58.5 Å². The van der Waals surface area contributed by atoms with E-state index in [1.165, 1.54) is 18.5 Å². The Labute approximate surface area is 245 Å². The molecule has 0 aromatic heterocycles. The zero-order valence-corrected chi connectivity index (χ0v) is 25.0. The zero-order chi connectivity index (χ0) is 28.9. The van der Waals surface area contributed by atoms with Crippen molar-refractivity contribution in [3.63, 3.8) is 0 Å². The Balaban J connectivity index is 0.00000192. The van der Waals surface area contributed by atoms with E-state index in [0.29, 0.717) is 31.9 Å². The van der Waals surface area contributed by atoms with Crippen LogP contribution in [0.25, 0.3) is 0 Å². The van der Waals surface area contributed by atoms with Crippen LogP contribution in [0.4, 0.5) is 4.39 Å². The summed E-state index contributed by atoms with van der Waals surface area (Å²) in [5.74, 6) is 1.39. The SMILES string of the molecule is CC(C)COc1ccc(CC(=O)N(Cc2ccc(F)cc2)C2CCN(CCCN3CCCC3=O)CC2)cc1.CCl.[HH]. The molecule has 2 aromatic carbocycles.